The average Bonchev–Trinajstić information content (AvgIpc) is 3.09. The molecule has 0 atom stereocenters. The van der Waals surface area contributed by atoms with Gasteiger partial charge in [0.05, 0.1) is 12.8 Å². The maximum absolute atomic E-state index is 12.2. The second-order valence-electron chi connectivity index (χ2n) is 6.09. The molecule has 2 aromatic rings. The molecule has 2 N–H and O–H groups in total. The molecule has 1 aliphatic rings. The third-order valence-corrected chi connectivity index (χ3v) is 4.21. The first-order valence-electron chi connectivity index (χ1n) is 8.22. The molecule has 126 valence electrons. The van der Waals surface area contributed by atoms with Crippen molar-refractivity contribution in [1.82, 2.24) is 15.5 Å². The lowest BCUT2D eigenvalue weighted by Crippen LogP contribution is -2.33. The van der Waals surface area contributed by atoms with Crippen LogP contribution in [-0.2, 0) is 0 Å². The number of benzene rings is 1. The van der Waals surface area contributed by atoms with Crippen LogP contribution >= 0.6 is 0 Å². The zero-order valence-corrected chi connectivity index (χ0v) is 14.0. The molecule has 24 heavy (non-hydrogen) atoms. The smallest absolute Gasteiger partial charge is 0.272 e. The summed E-state index contributed by atoms with van der Waals surface area (Å²) in [7, 11) is 1.62. The molecule has 1 aliphatic carbocycles. The number of hydrogen-bond acceptors (Lipinski definition) is 5. The van der Waals surface area contributed by atoms with Gasteiger partial charge in [0, 0.05) is 6.04 Å². The molecule has 6 nitrogen and oxygen atoms in total. The zero-order chi connectivity index (χ0) is 16.9. The van der Waals surface area contributed by atoms with Crippen molar-refractivity contribution < 1.29 is 9.53 Å². The van der Waals surface area contributed by atoms with Gasteiger partial charge in [0.15, 0.2) is 11.5 Å². The second kappa shape index (κ2) is 7.29. The number of aryl methyl sites for hydroxylation is 1. The Kier molecular flexibility index (Phi) is 4.93. The van der Waals surface area contributed by atoms with Crippen LogP contribution in [0, 0.1) is 6.92 Å². The molecular weight excluding hydrogens is 304 g/mol. The summed E-state index contributed by atoms with van der Waals surface area (Å²) in [6.07, 6.45) is 4.45. The summed E-state index contributed by atoms with van der Waals surface area (Å²) in [5.74, 6) is 1.14. The molecule has 0 radical (unpaired) electrons. The molecule has 1 aromatic heterocycles. The summed E-state index contributed by atoms with van der Waals surface area (Å²) in [5.41, 5.74) is 2.26. The van der Waals surface area contributed by atoms with Crippen molar-refractivity contribution in [2.75, 3.05) is 12.4 Å². The van der Waals surface area contributed by atoms with Crippen LogP contribution in [0.5, 0.6) is 5.75 Å². The molecule has 1 saturated carbocycles. The van der Waals surface area contributed by atoms with E-state index in [1.165, 1.54) is 12.8 Å². The second-order valence-corrected chi connectivity index (χ2v) is 6.09. The highest BCUT2D eigenvalue weighted by molar-refractivity contribution is 5.92. The van der Waals surface area contributed by atoms with Crippen LogP contribution in [0.3, 0.4) is 0 Å². The highest BCUT2D eigenvalue weighted by Crippen LogP contribution is 2.27. The first-order chi connectivity index (χ1) is 11.7. The minimum atomic E-state index is -0.158. The Morgan fingerprint density at radius 1 is 1.17 bits per heavy atom. The Bertz CT molecular complexity index is 709. The molecule has 1 heterocycles. The standard InChI is InChI=1S/C18H22N4O2/c1-12-7-9-16(24-2)15(11-12)20-17-10-8-14(21-22-17)18(23)19-13-5-3-4-6-13/h7-11,13H,3-6H2,1-2H3,(H,19,23)(H,20,22). The molecule has 0 spiro atoms. The van der Waals surface area contributed by atoms with Crippen molar-refractivity contribution in [1.29, 1.82) is 0 Å². The summed E-state index contributed by atoms with van der Waals surface area (Å²) in [6.45, 7) is 2.01. The maximum Gasteiger partial charge on any atom is 0.272 e. The van der Waals surface area contributed by atoms with Crippen LogP contribution in [0.2, 0.25) is 0 Å². The van der Waals surface area contributed by atoms with E-state index < -0.39 is 0 Å². The van der Waals surface area contributed by atoms with Gasteiger partial charge >= 0.3 is 0 Å². The van der Waals surface area contributed by atoms with Gasteiger partial charge in [-0.2, -0.15) is 0 Å². The molecule has 1 aromatic carbocycles. The maximum atomic E-state index is 12.2. The summed E-state index contributed by atoms with van der Waals surface area (Å²) in [4.78, 5) is 12.2. The van der Waals surface area contributed by atoms with E-state index >= 15 is 0 Å². The number of amides is 1. The van der Waals surface area contributed by atoms with E-state index in [1.807, 2.05) is 25.1 Å². The van der Waals surface area contributed by atoms with E-state index in [1.54, 1.807) is 19.2 Å². The Morgan fingerprint density at radius 2 is 1.96 bits per heavy atom. The van der Waals surface area contributed by atoms with Crippen LogP contribution in [0.1, 0.15) is 41.7 Å². The van der Waals surface area contributed by atoms with Crippen LogP contribution in [-0.4, -0.2) is 29.3 Å². The highest BCUT2D eigenvalue weighted by Gasteiger charge is 2.18. The molecule has 0 bridgehead atoms. The summed E-state index contributed by atoms with van der Waals surface area (Å²) in [6, 6.07) is 9.55. The topological polar surface area (TPSA) is 76.1 Å². The summed E-state index contributed by atoms with van der Waals surface area (Å²) < 4.78 is 5.33. The Labute approximate surface area is 141 Å². The number of carbonyl (C=O) groups excluding carboxylic acids is 1. The van der Waals surface area contributed by atoms with E-state index in [4.69, 9.17) is 4.74 Å². The SMILES string of the molecule is COc1ccc(C)cc1Nc1ccc(C(=O)NC2CCCC2)nn1. The predicted octanol–water partition coefficient (Wildman–Crippen LogP) is 3.21. The Balaban J connectivity index is 1.68. The van der Waals surface area contributed by atoms with Gasteiger partial charge in [-0.05, 0) is 49.6 Å². The molecule has 3 rings (SSSR count). The van der Waals surface area contributed by atoms with Gasteiger partial charge in [-0.1, -0.05) is 18.9 Å². The van der Waals surface area contributed by atoms with Crippen LogP contribution in [0.15, 0.2) is 30.3 Å². The number of aromatic nitrogens is 2. The van der Waals surface area contributed by atoms with Gasteiger partial charge in [-0.25, -0.2) is 0 Å². The van der Waals surface area contributed by atoms with E-state index in [2.05, 4.69) is 20.8 Å². The fraction of sp³-hybridized carbons (Fsp3) is 0.389. The van der Waals surface area contributed by atoms with Gasteiger partial charge in [0.1, 0.15) is 5.75 Å². The number of rotatable bonds is 5. The minimum absolute atomic E-state index is 0.158. The predicted molar refractivity (Wildman–Crippen MR) is 92.8 cm³/mol. The number of carbonyl (C=O) groups is 1. The number of hydrogen-bond donors (Lipinski definition) is 2. The molecule has 0 unspecified atom stereocenters. The zero-order valence-electron chi connectivity index (χ0n) is 14.0. The monoisotopic (exact) mass is 326 g/mol. The van der Waals surface area contributed by atoms with Gasteiger partial charge < -0.3 is 15.4 Å². The molecule has 1 fully saturated rings. The van der Waals surface area contributed by atoms with E-state index in [0.717, 1.165) is 29.8 Å². The quantitative estimate of drug-likeness (QED) is 0.882. The van der Waals surface area contributed by atoms with Gasteiger partial charge in [0.25, 0.3) is 5.91 Å². The van der Waals surface area contributed by atoms with Crippen molar-refractivity contribution in [2.45, 2.75) is 38.6 Å². The first-order valence-corrected chi connectivity index (χ1v) is 8.22. The van der Waals surface area contributed by atoms with E-state index in [-0.39, 0.29) is 11.9 Å². The number of ether oxygens (including phenoxy) is 1. The summed E-state index contributed by atoms with van der Waals surface area (Å²) in [5, 5.41) is 14.3. The normalized spacial score (nSPS) is 14.4. The van der Waals surface area contributed by atoms with Gasteiger partial charge in [-0.15, -0.1) is 10.2 Å². The van der Waals surface area contributed by atoms with Crippen molar-refractivity contribution in [3.8, 4) is 5.75 Å². The minimum Gasteiger partial charge on any atom is -0.495 e. The fourth-order valence-electron chi connectivity index (χ4n) is 2.91. The van der Waals surface area contributed by atoms with E-state index in [9.17, 15) is 4.79 Å². The molecule has 0 aliphatic heterocycles. The summed E-state index contributed by atoms with van der Waals surface area (Å²) >= 11 is 0. The van der Waals surface area contributed by atoms with Crippen LogP contribution in [0.25, 0.3) is 0 Å². The molecule has 0 saturated heterocycles. The van der Waals surface area contributed by atoms with Crippen molar-refractivity contribution >= 4 is 17.4 Å². The number of nitrogens with one attached hydrogen (secondary N) is 2. The largest absolute Gasteiger partial charge is 0.495 e. The lowest BCUT2D eigenvalue weighted by Gasteiger charge is -2.12. The number of nitrogens with zero attached hydrogens (tertiary/aromatic N) is 2. The van der Waals surface area contributed by atoms with Crippen molar-refractivity contribution in [3.63, 3.8) is 0 Å². The third-order valence-electron chi connectivity index (χ3n) is 4.21. The Hall–Kier alpha value is -2.63. The van der Waals surface area contributed by atoms with Gasteiger partial charge in [0.2, 0.25) is 0 Å². The highest BCUT2D eigenvalue weighted by atomic mass is 16.5. The molecule has 1 amide bonds. The number of anilines is 2. The third kappa shape index (κ3) is 3.82. The van der Waals surface area contributed by atoms with Crippen LogP contribution in [0.4, 0.5) is 11.5 Å². The van der Waals surface area contributed by atoms with Gasteiger partial charge in [-0.3, -0.25) is 4.79 Å². The molecule has 6 heteroatoms. The first kappa shape index (κ1) is 16.2. The number of methoxy groups -OCH3 is 1. The Morgan fingerprint density at radius 3 is 2.62 bits per heavy atom. The lowest BCUT2D eigenvalue weighted by molar-refractivity contribution is 0.0932. The molecular formula is C18H22N4O2. The van der Waals surface area contributed by atoms with Crippen molar-refractivity contribution in [2.24, 2.45) is 0 Å². The average molecular weight is 326 g/mol. The lowest BCUT2D eigenvalue weighted by atomic mass is 10.2. The van der Waals surface area contributed by atoms with Crippen LogP contribution < -0.4 is 15.4 Å². The van der Waals surface area contributed by atoms with E-state index in [0.29, 0.717) is 11.5 Å². The fourth-order valence-corrected chi connectivity index (χ4v) is 2.91. The van der Waals surface area contributed by atoms with Crippen molar-refractivity contribution in [3.05, 3.63) is 41.6 Å².